The zero-order valence-electron chi connectivity index (χ0n) is 6.21. The first-order valence-electron chi connectivity index (χ1n) is 3.27. The molecule has 1 aliphatic carbocycles. The Balaban J connectivity index is 3.02. The Morgan fingerprint density at radius 3 is 2.91 bits per heavy atom. The van der Waals surface area contributed by atoms with Gasteiger partial charge in [0.1, 0.15) is 5.76 Å². The first-order valence-corrected chi connectivity index (χ1v) is 4.06. The fraction of sp³-hybridized carbons (Fsp3) is 0.250. The molecule has 0 amide bonds. The maximum Gasteiger partial charge on any atom is 0.116 e. The zero-order chi connectivity index (χ0) is 8.48. The van der Waals surface area contributed by atoms with Crippen molar-refractivity contribution in [3.05, 3.63) is 34.5 Å². The summed E-state index contributed by atoms with van der Waals surface area (Å²) in [4.78, 5) is 0. The molecule has 0 fully saturated rings. The fourth-order valence-corrected chi connectivity index (χ4v) is 1.57. The Morgan fingerprint density at radius 1 is 1.64 bits per heavy atom. The van der Waals surface area contributed by atoms with E-state index in [0.29, 0.717) is 0 Å². The van der Waals surface area contributed by atoms with Gasteiger partial charge >= 0.3 is 0 Å². The highest BCUT2D eigenvalue weighted by Crippen LogP contribution is 2.19. The van der Waals surface area contributed by atoms with E-state index in [1.54, 1.807) is 18.2 Å². The molecule has 0 bridgehead atoms. The summed E-state index contributed by atoms with van der Waals surface area (Å²) in [6, 6.07) is 0. The summed E-state index contributed by atoms with van der Waals surface area (Å²) in [5.41, 5.74) is 5.31. The Hall–Kier alpha value is -0.540. The maximum atomic E-state index is 9.14. The molecule has 60 valence electrons. The van der Waals surface area contributed by atoms with Crippen LogP contribution in [-0.2, 0) is 0 Å². The standard InChI is InChI=1S/C8H10BrNO/c1-8(10)3-2-7(11)4-6(9)5-8/h2-5,11H,10H2,1H3/t8-/m0/s1. The fourth-order valence-electron chi connectivity index (χ4n) is 0.841. The van der Waals surface area contributed by atoms with E-state index in [1.165, 1.54) is 0 Å². The quantitative estimate of drug-likeness (QED) is 0.650. The van der Waals surface area contributed by atoms with Gasteiger partial charge in [0.05, 0.1) is 5.54 Å². The minimum atomic E-state index is -0.486. The molecule has 1 rings (SSSR count). The van der Waals surface area contributed by atoms with Crippen molar-refractivity contribution in [3.63, 3.8) is 0 Å². The molecule has 11 heavy (non-hydrogen) atoms. The third kappa shape index (κ3) is 2.52. The molecule has 0 aliphatic heterocycles. The van der Waals surface area contributed by atoms with Crippen molar-refractivity contribution in [2.45, 2.75) is 12.5 Å². The lowest BCUT2D eigenvalue weighted by molar-refractivity contribution is 0.432. The van der Waals surface area contributed by atoms with Gasteiger partial charge in [-0.1, -0.05) is 22.0 Å². The Bertz CT molecular complexity index is 251. The van der Waals surface area contributed by atoms with Gasteiger partial charge < -0.3 is 10.8 Å². The minimum absolute atomic E-state index is 0.210. The van der Waals surface area contributed by atoms with Gasteiger partial charge in [0, 0.05) is 4.48 Å². The third-order valence-corrected chi connectivity index (χ3v) is 1.81. The van der Waals surface area contributed by atoms with Gasteiger partial charge in [-0.05, 0) is 25.2 Å². The molecule has 0 saturated heterocycles. The largest absolute Gasteiger partial charge is 0.508 e. The first-order chi connectivity index (χ1) is 4.99. The highest BCUT2D eigenvalue weighted by Gasteiger charge is 2.13. The van der Waals surface area contributed by atoms with E-state index >= 15 is 0 Å². The smallest absolute Gasteiger partial charge is 0.116 e. The van der Waals surface area contributed by atoms with Crippen molar-refractivity contribution >= 4 is 15.9 Å². The molecule has 1 atom stereocenters. The lowest BCUT2D eigenvalue weighted by Crippen LogP contribution is -2.30. The third-order valence-electron chi connectivity index (χ3n) is 1.35. The number of aliphatic hydroxyl groups is 1. The van der Waals surface area contributed by atoms with Crippen LogP contribution in [0.4, 0.5) is 0 Å². The number of halogens is 1. The van der Waals surface area contributed by atoms with Gasteiger partial charge in [-0.3, -0.25) is 0 Å². The second-order valence-electron chi connectivity index (χ2n) is 2.80. The van der Waals surface area contributed by atoms with Gasteiger partial charge in [-0.2, -0.15) is 0 Å². The molecule has 0 aromatic carbocycles. The van der Waals surface area contributed by atoms with Crippen molar-refractivity contribution in [2.75, 3.05) is 0 Å². The highest BCUT2D eigenvalue weighted by atomic mass is 79.9. The number of allylic oxidation sites excluding steroid dienone is 3. The van der Waals surface area contributed by atoms with Crippen molar-refractivity contribution in [3.8, 4) is 0 Å². The normalized spacial score (nSPS) is 30.8. The Labute approximate surface area is 74.2 Å². The molecule has 3 N–H and O–H groups in total. The van der Waals surface area contributed by atoms with Crippen molar-refractivity contribution in [1.29, 1.82) is 0 Å². The van der Waals surface area contributed by atoms with E-state index in [4.69, 9.17) is 10.8 Å². The topological polar surface area (TPSA) is 46.2 Å². The van der Waals surface area contributed by atoms with E-state index in [9.17, 15) is 0 Å². The van der Waals surface area contributed by atoms with Crippen LogP contribution in [0.2, 0.25) is 0 Å². The van der Waals surface area contributed by atoms with Crippen LogP contribution in [0.25, 0.3) is 0 Å². The van der Waals surface area contributed by atoms with E-state index in [2.05, 4.69) is 15.9 Å². The van der Waals surface area contributed by atoms with Crippen LogP contribution >= 0.6 is 15.9 Å². The summed E-state index contributed by atoms with van der Waals surface area (Å²) >= 11 is 3.26. The highest BCUT2D eigenvalue weighted by molar-refractivity contribution is 9.11. The monoisotopic (exact) mass is 215 g/mol. The van der Waals surface area contributed by atoms with Crippen LogP contribution < -0.4 is 5.73 Å². The van der Waals surface area contributed by atoms with E-state index < -0.39 is 5.54 Å². The number of rotatable bonds is 0. The van der Waals surface area contributed by atoms with Crippen molar-refractivity contribution in [1.82, 2.24) is 0 Å². The average Bonchev–Trinajstić information content (AvgIpc) is 1.90. The Kier molecular flexibility index (Phi) is 2.20. The van der Waals surface area contributed by atoms with Gasteiger partial charge in [-0.15, -0.1) is 0 Å². The van der Waals surface area contributed by atoms with Crippen LogP contribution in [-0.4, -0.2) is 10.6 Å². The van der Waals surface area contributed by atoms with Gasteiger partial charge in [0.15, 0.2) is 0 Å². The number of hydrogen-bond acceptors (Lipinski definition) is 2. The summed E-state index contributed by atoms with van der Waals surface area (Å²) in [5.74, 6) is 0.210. The molecule has 0 radical (unpaired) electrons. The predicted octanol–water partition coefficient (Wildman–Crippen LogP) is 1.99. The van der Waals surface area contributed by atoms with Crippen molar-refractivity contribution in [2.24, 2.45) is 5.73 Å². The molecular weight excluding hydrogens is 206 g/mol. The van der Waals surface area contributed by atoms with Crippen LogP contribution in [0.1, 0.15) is 6.92 Å². The molecule has 1 aliphatic rings. The van der Waals surface area contributed by atoms with Crippen molar-refractivity contribution < 1.29 is 5.11 Å². The molecule has 2 nitrogen and oxygen atoms in total. The number of nitrogens with two attached hydrogens (primary N) is 1. The number of aliphatic hydroxyl groups excluding tert-OH is 1. The maximum absolute atomic E-state index is 9.14. The van der Waals surface area contributed by atoms with Crippen LogP contribution in [0.15, 0.2) is 34.5 Å². The number of hydrogen-bond donors (Lipinski definition) is 2. The molecule has 0 aromatic heterocycles. The summed E-state index contributed by atoms with van der Waals surface area (Å²) in [7, 11) is 0. The zero-order valence-corrected chi connectivity index (χ0v) is 7.80. The molecule has 0 saturated carbocycles. The SMILES string of the molecule is C[C@]1(N)C=CC(O)=CC(Br)=C1. The summed E-state index contributed by atoms with van der Waals surface area (Å²) in [6.07, 6.45) is 6.76. The van der Waals surface area contributed by atoms with E-state index in [1.807, 2.05) is 13.0 Å². The summed E-state index contributed by atoms with van der Waals surface area (Å²) in [5, 5.41) is 9.14. The van der Waals surface area contributed by atoms with E-state index in [0.717, 1.165) is 4.48 Å². The second-order valence-corrected chi connectivity index (χ2v) is 3.71. The predicted molar refractivity (Wildman–Crippen MR) is 49.5 cm³/mol. The van der Waals surface area contributed by atoms with Gasteiger partial charge in [0.25, 0.3) is 0 Å². The van der Waals surface area contributed by atoms with E-state index in [-0.39, 0.29) is 5.76 Å². The second kappa shape index (κ2) is 2.83. The molecule has 0 aromatic rings. The van der Waals surface area contributed by atoms with Crippen LogP contribution in [0.3, 0.4) is 0 Å². The molecule has 0 heterocycles. The minimum Gasteiger partial charge on any atom is -0.508 e. The summed E-state index contributed by atoms with van der Waals surface area (Å²) in [6.45, 7) is 1.86. The molecule has 0 unspecified atom stereocenters. The van der Waals surface area contributed by atoms with Gasteiger partial charge in [0.2, 0.25) is 0 Å². The molecular formula is C8H10BrNO. The first kappa shape index (κ1) is 8.56. The molecule has 0 spiro atoms. The van der Waals surface area contributed by atoms with Crippen LogP contribution in [0.5, 0.6) is 0 Å². The lowest BCUT2D eigenvalue weighted by atomic mass is 10.0. The Morgan fingerprint density at radius 2 is 2.27 bits per heavy atom. The molecule has 3 heteroatoms. The van der Waals surface area contributed by atoms with Gasteiger partial charge in [-0.25, -0.2) is 0 Å². The lowest BCUT2D eigenvalue weighted by Gasteiger charge is -2.13. The average molecular weight is 216 g/mol. The van der Waals surface area contributed by atoms with Crippen LogP contribution in [0, 0.1) is 0 Å². The summed E-state index contributed by atoms with van der Waals surface area (Å²) < 4.78 is 0.796.